The van der Waals surface area contributed by atoms with E-state index in [-0.39, 0.29) is 0 Å². The molecular formula is C10H20O2. The number of aliphatic hydroxyl groups is 1. The molecule has 1 rings (SSSR count). The summed E-state index contributed by atoms with van der Waals surface area (Å²) < 4.78 is 5.52. The molecule has 0 bridgehead atoms. The Morgan fingerprint density at radius 2 is 2.42 bits per heavy atom. The van der Waals surface area contributed by atoms with Crippen LogP contribution in [-0.2, 0) is 4.74 Å². The van der Waals surface area contributed by atoms with Gasteiger partial charge in [-0.2, -0.15) is 0 Å². The van der Waals surface area contributed by atoms with E-state index >= 15 is 0 Å². The highest BCUT2D eigenvalue weighted by atomic mass is 16.5. The van der Waals surface area contributed by atoms with Crippen molar-refractivity contribution in [1.82, 2.24) is 0 Å². The molecule has 1 fully saturated rings. The number of ether oxygens (including phenoxy) is 1. The third-order valence-corrected chi connectivity index (χ3v) is 2.58. The van der Waals surface area contributed by atoms with Gasteiger partial charge in [0.05, 0.1) is 6.10 Å². The van der Waals surface area contributed by atoms with Gasteiger partial charge in [0, 0.05) is 13.2 Å². The summed E-state index contributed by atoms with van der Waals surface area (Å²) >= 11 is 0. The van der Waals surface area contributed by atoms with Crippen molar-refractivity contribution in [1.29, 1.82) is 0 Å². The van der Waals surface area contributed by atoms with Crippen LogP contribution in [0.5, 0.6) is 0 Å². The van der Waals surface area contributed by atoms with E-state index in [2.05, 4.69) is 6.92 Å². The molecule has 2 unspecified atom stereocenters. The van der Waals surface area contributed by atoms with E-state index in [9.17, 15) is 0 Å². The Hall–Kier alpha value is -0.0800. The van der Waals surface area contributed by atoms with Gasteiger partial charge in [0.15, 0.2) is 0 Å². The smallest absolute Gasteiger partial charge is 0.0579 e. The maximum absolute atomic E-state index is 9.06. The maximum Gasteiger partial charge on any atom is 0.0579 e. The van der Waals surface area contributed by atoms with Gasteiger partial charge in [0.1, 0.15) is 0 Å². The molecule has 72 valence electrons. The Kier molecular flexibility index (Phi) is 4.62. The van der Waals surface area contributed by atoms with Crippen LogP contribution < -0.4 is 0 Å². The Labute approximate surface area is 74.9 Å². The summed E-state index contributed by atoms with van der Waals surface area (Å²) in [5.41, 5.74) is 0. The Balaban J connectivity index is 2.16. The molecule has 2 heteroatoms. The van der Waals surface area contributed by atoms with E-state index in [1.54, 1.807) is 0 Å². The van der Waals surface area contributed by atoms with Crippen LogP contribution in [0.4, 0.5) is 0 Å². The molecule has 1 saturated heterocycles. The summed E-state index contributed by atoms with van der Waals surface area (Å²) in [4.78, 5) is 0. The first-order valence-electron chi connectivity index (χ1n) is 5.09. The van der Waals surface area contributed by atoms with E-state index in [4.69, 9.17) is 9.84 Å². The van der Waals surface area contributed by atoms with Crippen molar-refractivity contribution < 1.29 is 9.84 Å². The highest BCUT2D eigenvalue weighted by Gasteiger charge is 2.19. The van der Waals surface area contributed by atoms with Gasteiger partial charge < -0.3 is 9.84 Å². The largest absolute Gasteiger partial charge is 0.396 e. The molecule has 1 aliphatic rings. The van der Waals surface area contributed by atoms with Gasteiger partial charge >= 0.3 is 0 Å². The van der Waals surface area contributed by atoms with Gasteiger partial charge in [0.25, 0.3) is 0 Å². The minimum atomic E-state index is 0.327. The molecule has 0 aromatic carbocycles. The van der Waals surface area contributed by atoms with E-state index in [0.717, 1.165) is 25.9 Å². The fraction of sp³-hybridized carbons (Fsp3) is 1.00. The van der Waals surface area contributed by atoms with Crippen LogP contribution in [0, 0.1) is 5.92 Å². The first kappa shape index (κ1) is 10.0. The molecule has 0 aliphatic carbocycles. The first-order valence-corrected chi connectivity index (χ1v) is 5.09. The summed E-state index contributed by atoms with van der Waals surface area (Å²) in [7, 11) is 0. The van der Waals surface area contributed by atoms with Gasteiger partial charge in [-0.1, -0.05) is 13.3 Å². The summed E-state index contributed by atoms with van der Waals surface area (Å²) in [5, 5.41) is 9.06. The molecule has 2 atom stereocenters. The highest BCUT2D eigenvalue weighted by Crippen LogP contribution is 2.22. The van der Waals surface area contributed by atoms with Gasteiger partial charge in [0.2, 0.25) is 0 Å². The topological polar surface area (TPSA) is 29.5 Å². The van der Waals surface area contributed by atoms with Gasteiger partial charge in [-0.05, 0) is 31.6 Å². The van der Waals surface area contributed by atoms with Crippen LogP contribution in [0.3, 0.4) is 0 Å². The van der Waals surface area contributed by atoms with Gasteiger partial charge in [-0.15, -0.1) is 0 Å². The zero-order valence-corrected chi connectivity index (χ0v) is 7.96. The van der Waals surface area contributed by atoms with Crippen LogP contribution in [0.2, 0.25) is 0 Å². The van der Waals surface area contributed by atoms with Crippen molar-refractivity contribution >= 4 is 0 Å². The first-order chi connectivity index (χ1) is 5.86. The normalized spacial score (nSPS) is 26.0. The zero-order valence-electron chi connectivity index (χ0n) is 7.96. The molecule has 0 spiro atoms. The fourth-order valence-electron chi connectivity index (χ4n) is 1.89. The van der Waals surface area contributed by atoms with Crippen LogP contribution in [0.1, 0.15) is 39.0 Å². The predicted octanol–water partition coefficient (Wildman–Crippen LogP) is 1.96. The van der Waals surface area contributed by atoms with E-state index in [1.807, 2.05) is 0 Å². The number of hydrogen-bond donors (Lipinski definition) is 1. The van der Waals surface area contributed by atoms with Gasteiger partial charge in [-0.25, -0.2) is 0 Å². The van der Waals surface area contributed by atoms with Crippen LogP contribution in [-0.4, -0.2) is 24.4 Å². The van der Waals surface area contributed by atoms with Crippen molar-refractivity contribution in [2.75, 3.05) is 13.2 Å². The van der Waals surface area contributed by atoms with Crippen molar-refractivity contribution in [2.24, 2.45) is 5.92 Å². The minimum Gasteiger partial charge on any atom is -0.396 e. The average Bonchev–Trinajstić information content (AvgIpc) is 2.56. The zero-order chi connectivity index (χ0) is 8.81. The predicted molar refractivity (Wildman–Crippen MR) is 49.1 cm³/mol. The molecule has 1 N–H and O–H groups in total. The van der Waals surface area contributed by atoms with Crippen molar-refractivity contribution in [2.45, 2.75) is 45.1 Å². The third-order valence-electron chi connectivity index (χ3n) is 2.58. The second-order valence-electron chi connectivity index (χ2n) is 3.71. The standard InChI is InChI=1S/C10H20O2/c1-2-4-9(8-11)7-10-5-3-6-12-10/h9-11H,2-8H2,1H3. The second-order valence-corrected chi connectivity index (χ2v) is 3.71. The molecule has 1 heterocycles. The quantitative estimate of drug-likeness (QED) is 0.687. The Bertz CT molecular complexity index is 108. The molecule has 0 amide bonds. The summed E-state index contributed by atoms with van der Waals surface area (Å²) in [5.74, 6) is 0.470. The van der Waals surface area contributed by atoms with Crippen molar-refractivity contribution in [3.8, 4) is 0 Å². The summed E-state index contributed by atoms with van der Waals surface area (Å²) in [6.07, 6.45) is 6.20. The molecule has 0 aromatic rings. The third kappa shape index (κ3) is 3.11. The maximum atomic E-state index is 9.06. The second kappa shape index (κ2) is 5.55. The molecule has 0 radical (unpaired) electrons. The van der Waals surface area contributed by atoms with E-state index in [1.165, 1.54) is 12.8 Å². The summed E-state index contributed by atoms with van der Waals surface area (Å²) in [6, 6.07) is 0. The van der Waals surface area contributed by atoms with Crippen LogP contribution >= 0.6 is 0 Å². The van der Waals surface area contributed by atoms with E-state index < -0.39 is 0 Å². The lowest BCUT2D eigenvalue weighted by Gasteiger charge is -2.16. The van der Waals surface area contributed by atoms with Crippen LogP contribution in [0.15, 0.2) is 0 Å². The Morgan fingerprint density at radius 3 is 2.92 bits per heavy atom. The lowest BCUT2D eigenvalue weighted by molar-refractivity contribution is 0.0744. The summed E-state index contributed by atoms with van der Waals surface area (Å²) in [6.45, 7) is 3.42. The van der Waals surface area contributed by atoms with Gasteiger partial charge in [-0.3, -0.25) is 0 Å². The SMILES string of the molecule is CCCC(CO)CC1CCCO1. The fourth-order valence-corrected chi connectivity index (χ4v) is 1.89. The number of aliphatic hydroxyl groups excluding tert-OH is 1. The monoisotopic (exact) mass is 172 g/mol. The minimum absolute atomic E-state index is 0.327. The number of hydrogen-bond acceptors (Lipinski definition) is 2. The molecule has 0 aromatic heterocycles. The molecule has 0 saturated carbocycles. The average molecular weight is 172 g/mol. The van der Waals surface area contributed by atoms with Crippen molar-refractivity contribution in [3.05, 3.63) is 0 Å². The lowest BCUT2D eigenvalue weighted by Crippen LogP contribution is -2.15. The number of rotatable bonds is 5. The highest BCUT2D eigenvalue weighted by molar-refractivity contribution is 4.69. The van der Waals surface area contributed by atoms with Crippen molar-refractivity contribution in [3.63, 3.8) is 0 Å². The lowest BCUT2D eigenvalue weighted by atomic mass is 9.96. The molecule has 12 heavy (non-hydrogen) atoms. The van der Waals surface area contributed by atoms with Crippen LogP contribution in [0.25, 0.3) is 0 Å². The van der Waals surface area contributed by atoms with E-state index in [0.29, 0.717) is 18.6 Å². The molecular weight excluding hydrogens is 152 g/mol. The Morgan fingerprint density at radius 1 is 1.58 bits per heavy atom. The molecule has 2 nitrogen and oxygen atoms in total. The molecule has 1 aliphatic heterocycles.